The van der Waals surface area contributed by atoms with Crippen molar-refractivity contribution in [1.82, 2.24) is 0 Å². The summed E-state index contributed by atoms with van der Waals surface area (Å²) in [6.07, 6.45) is 0. The third-order valence-electron chi connectivity index (χ3n) is 6.64. The molecule has 0 saturated heterocycles. The summed E-state index contributed by atoms with van der Waals surface area (Å²) < 4.78 is 0. The minimum atomic E-state index is -0.0232. The number of para-hydroxylation sites is 2. The first kappa shape index (κ1) is 19.6. The van der Waals surface area contributed by atoms with Crippen LogP contribution >= 0.6 is 0 Å². The second kappa shape index (κ2) is 7.42. The second-order valence-corrected chi connectivity index (χ2v) is 9.32. The van der Waals surface area contributed by atoms with Gasteiger partial charge in [0, 0.05) is 22.5 Å². The molecule has 4 aromatic rings. The predicted octanol–water partition coefficient (Wildman–Crippen LogP) is 8.59. The Kier molecular flexibility index (Phi) is 4.70. The van der Waals surface area contributed by atoms with Gasteiger partial charge in [-0.25, -0.2) is 0 Å². The first-order valence-electron chi connectivity index (χ1n) is 11.2. The van der Waals surface area contributed by atoms with Crippen LogP contribution in [0.2, 0.25) is 0 Å². The molecule has 5 rings (SSSR count). The SMILES string of the molecule is CC(C)c1ccc2c(c1)C(C)(C)c1cc(N(c3ccccc3)c3ccccc3)ccc1-2. The Morgan fingerprint density at radius 3 is 1.65 bits per heavy atom. The van der Waals surface area contributed by atoms with Gasteiger partial charge in [0.25, 0.3) is 0 Å². The van der Waals surface area contributed by atoms with E-state index in [0.29, 0.717) is 5.92 Å². The fraction of sp³-hybridized carbons (Fsp3) is 0.200. The highest BCUT2D eigenvalue weighted by Crippen LogP contribution is 2.51. The van der Waals surface area contributed by atoms with Crippen LogP contribution in [-0.4, -0.2) is 0 Å². The molecule has 4 aromatic carbocycles. The van der Waals surface area contributed by atoms with Gasteiger partial charge in [-0.2, -0.15) is 0 Å². The van der Waals surface area contributed by atoms with Crippen LogP contribution in [0.5, 0.6) is 0 Å². The highest BCUT2D eigenvalue weighted by molar-refractivity contribution is 5.85. The van der Waals surface area contributed by atoms with Crippen molar-refractivity contribution in [2.24, 2.45) is 0 Å². The van der Waals surface area contributed by atoms with Crippen LogP contribution in [0.15, 0.2) is 97.1 Å². The third kappa shape index (κ3) is 3.25. The zero-order valence-electron chi connectivity index (χ0n) is 18.8. The largest absolute Gasteiger partial charge is 0.310 e. The molecular weight excluding hydrogens is 374 g/mol. The first-order valence-corrected chi connectivity index (χ1v) is 11.2. The van der Waals surface area contributed by atoms with Crippen molar-refractivity contribution < 1.29 is 0 Å². The Morgan fingerprint density at radius 1 is 0.581 bits per heavy atom. The van der Waals surface area contributed by atoms with Crippen molar-refractivity contribution in [3.8, 4) is 11.1 Å². The Bertz CT molecular complexity index is 1180. The molecule has 1 nitrogen and oxygen atoms in total. The van der Waals surface area contributed by atoms with Gasteiger partial charge < -0.3 is 4.90 Å². The maximum Gasteiger partial charge on any atom is 0.0465 e. The molecule has 0 heterocycles. The summed E-state index contributed by atoms with van der Waals surface area (Å²) in [7, 11) is 0. The number of anilines is 3. The molecule has 1 aliphatic carbocycles. The van der Waals surface area contributed by atoms with E-state index < -0.39 is 0 Å². The molecule has 0 aromatic heterocycles. The number of hydrogen-bond acceptors (Lipinski definition) is 1. The number of hydrogen-bond donors (Lipinski definition) is 0. The van der Waals surface area contributed by atoms with E-state index >= 15 is 0 Å². The zero-order valence-corrected chi connectivity index (χ0v) is 18.8. The van der Waals surface area contributed by atoms with Gasteiger partial charge in [0.15, 0.2) is 0 Å². The number of nitrogens with zero attached hydrogens (tertiary/aromatic N) is 1. The maximum atomic E-state index is 2.42. The van der Waals surface area contributed by atoms with Gasteiger partial charge in [-0.05, 0) is 70.1 Å². The van der Waals surface area contributed by atoms with Gasteiger partial charge >= 0.3 is 0 Å². The van der Waals surface area contributed by atoms with Crippen molar-refractivity contribution in [1.29, 1.82) is 0 Å². The summed E-state index contributed by atoms with van der Waals surface area (Å²) >= 11 is 0. The van der Waals surface area contributed by atoms with Crippen molar-refractivity contribution in [2.45, 2.75) is 39.0 Å². The van der Waals surface area contributed by atoms with E-state index in [1.807, 2.05) is 0 Å². The van der Waals surface area contributed by atoms with Crippen LogP contribution in [0.3, 0.4) is 0 Å². The molecule has 0 spiro atoms. The molecule has 0 unspecified atom stereocenters. The molecule has 0 bridgehead atoms. The van der Waals surface area contributed by atoms with Gasteiger partial charge in [0.1, 0.15) is 0 Å². The summed E-state index contributed by atoms with van der Waals surface area (Å²) in [5, 5.41) is 0. The monoisotopic (exact) mass is 403 g/mol. The lowest BCUT2D eigenvalue weighted by molar-refractivity contribution is 0.658. The summed E-state index contributed by atoms with van der Waals surface area (Å²) in [6, 6.07) is 35.3. The number of rotatable bonds is 4. The van der Waals surface area contributed by atoms with Crippen molar-refractivity contribution >= 4 is 17.1 Å². The molecule has 1 heteroatoms. The molecule has 154 valence electrons. The molecular formula is C30H29N. The minimum Gasteiger partial charge on any atom is -0.310 e. The molecule has 0 radical (unpaired) electrons. The second-order valence-electron chi connectivity index (χ2n) is 9.32. The van der Waals surface area contributed by atoms with Crippen LogP contribution in [0.4, 0.5) is 17.1 Å². The van der Waals surface area contributed by atoms with Gasteiger partial charge in [0.05, 0.1) is 0 Å². The van der Waals surface area contributed by atoms with Crippen molar-refractivity contribution in [3.05, 3.63) is 114 Å². The summed E-state index contributed by atoms with van der Waals surface area (Å²) in [6.45, 7) is 9.26. The standard InChI is InChI=1S/C30H29N/c1-21(2)22-15-17-26-27-18-16-25(20-29(27)30(3,4)28(26)19-22)31(23-11-7-5-8-12-23)24-13-9-6-10-14-24/h5-21H,1-4H3. The quantitative estimate of drug-likeness (QED) is 0.330. The van der Waals surface area contributed by atoms with E-state index in [0.717, 1.165) is 0 Å². The smallest absolute Gasteiger partial charge is 0.0465 e. The Balaban J connectivity index is 1.67. The molecule has 0 saturated carbocycles. The van der Waals surface area contributed by atoms with Gasteiger partial charge in [-0.3, -0.25) is 0 Å². The predicted molar refractivity (Wildman–Crippen MR) is 133 cm³/mol. The van der Waals surface area contributed by atoms with Gasteiger partial charge in [-0.1, -0.05) is 88.4 Å². The molecule has 0 fully saturated rings. The maximum absolute atomic E-state index is 2.42. The van der Waals surface area contributed by atoms with E-state index in [4.69, 9.17) is 0 Å². The van der Waals surface area contributed by atoms with Gasteiger partial charge in [0.2, 0.25) is 0 Å². The Hall–Kier alpha value is -3.32. The Labute approximate surface area is 186 Å². The van der Waals surface area contributed by atoms with Crippen molar-refractivity contribution in [2.75, 3.05) is 4.90 Å². The number of fused-ring (bicyclic) bond motifs is 3. The van der Waals surface area contributed by atoms with Crippen LogP contribution in [-0.2, 0) is 5.41 Å². The lowest BCUT2D eigenvalue weighted by atomic mass is 9.81. The minimum absolute atomic E-state index is 0.0232. The fourth-order valence-corrected chi connectivity index (χ4v) is 4.84. The average Bonchev–Trinajstić information content (AvgIpc) is 3.02. The van der Waals surface area contributed by atoms with Gasteiger partial charge in [-0.15, -0.1) is 0 Å². The van der Waals surface area contributed by atoms with Crippen LogP contribution < -0.4 is 4.90 Å². The molecule has 31 heavy (non-hydrogen) atoms. The third-order valence-corrected chi connectivity index (χ3v) is 6.64. The molecule has 0 atom stereocenters. The van der Waals surface area contributed by atoms with Crippen molar-refractivity contribution in [3.63, 3.8) is 0 Å². The van der Waals surface area contributed by atoms with E-state index in [2.05, 4.69) is 130 Å². The van der Waals surface area contributed by atoms with E-state index in [-0.39, 0.29) is 5.41 Å². The summed E-state index contributed by atoms with van der Waals surface area (Å²) in [4.78, 5) is 2.35. The normalized spacial score (nSPS) is 13.7. The summed E-state index contributed by atoms with van der Waals surface area (Å²) in [5.41, 5.74) is 10.5. The zero-order chi connectivity index (χ0) is 21.6. The molecule has 0 N–H and O–H groups in total. The lowest BCUT2D eigenvalue weighted by Crippen LogP contribution is -2.17. The molecule has 0 amide bonds. The highest BCUT2D eigenvalue weighted by atomic mass is 15.1. The van der Waals surface area contributed by atoms with E-state index in [9.17, 15) is 0 Å². The van der Waals surface area contributed by atoms with E-state index in [1.54, 1.807) is 0 Å². The van der Waals surface area contributed by atoms with E-state index in [1.165, 1.54) is 44.9 Å². The topological polar surface area (TPSA) is 3.24 Å². The first-order chi connectivity index (χ1) is 15.0. The van der Waals surface area contributed by atoms with Crippen LogP contribution in [0.25, 0.3) is 11.1 Å². The fourth-order valence-electron chi connectivity index (χ4n) is 4.84. The molecule has 0 aliphatic heterocycles. The average molecular weight is 404 g/mol. The highest BCUT2D eigenvalue weighted by Gasteiger charge is 2.36. The summed E-state index contributed by atoms with van der Waals surface area (Å²) in [5.74, 6) is 0.534. The van der Waals surface area contributed by atoms with Crippen LogP contribution in [0.1, 0.15) is 50.3 Å². The van der Waals surface area contributed by atoms with Crippen LogP contribution in [0, 0.1) is 0 Å². The number of benzene rings is 4. The Morgan fingerprint density at radius 2 is 1.10 bits per heavy atom. The molecule has 1 aliphatic rings. The lowest BCUT2D eigenvalue weighted by Gasteiger charge is -2.28.